The van der Waals surface area contributed by atoms with Gasteiger partial charge in [-0.2, -0.15) is 0 Å². The number of carbonyl (C=O) groups is 1. The van der Waals surface area contributed by atoms with E-state index in [2.05, 4.69) is 35.9 Å². The van der Waals surface area contributed by atoms with E-state index in [0.717, 1.165) is 43.1 Å². The van der Waals surface area contributed by atoms with E-state index in [0.29, 0.717) is 19.1 Å². The fourth-order valence-corrected chi connectivity index (χ4v) is 3.74. The lowest BCUT2D eigenvalue weighted by Gasteiger charge is -2.38. The van der Waals surface area contributed by atoms with Gasteiger partial charge in [-0.25, -0.2) is 4.79 Å². The van der Waals surface area contributed by atoms with Gasteiger partial charge in [0.25, 0.3) is 0 Å². The maximum Gasteiger partial charge on any atom is 0.407 e. The molecule has 1 aromatic rings. The average molecular weight is 530 g/mol. The van der Waals surface area contributed by atoms with Crippen molar-refractivity contribution in [3.63, 3.8) is 0 Å². The van der Waals surface area contributed by atoms with Crippen LogP contribution in [0.3, 0.4) is 0 Å². The van der Waals surface area contributed by atoms with Crippen LogP contribution in [0.25, 0.3) is 0 Å². The minimum absolute atomic E-state index is 0. The molecule has 0 aromatic heterocycles. The van der Waals surface area contributed by atoms with Gasteiger partial charge >= 0.3 is 6.09 Å². The molecule has 1 aliphatic heterocycles. The van der Waals surface area contributed by atoms with Crippen molar-refractivity contribution >= 4 is 36.0 Å². The van der Waals surface area contributed by atoms with Crippen molar-refractivity contribution in [3.8, 4) is 5.75 Å². The number of amides is 1. The Hall–Kier alpha value is -1.71. The van der Waals surface area contributed by atoms with Gasteiger partial charge in [-0.05, 0) is 52.5 Å². The van der Waals surface area contributed by atoms with Crippen molar-refractivity contribution in [2.75, 3.05) is 19.7 Å². The number of nitrogens with zero attached hydrogens (tertiary/aromatic N) is 1. The molecule has 7 nitrogen and oxygen atoms in total. The highest BCUT2D eigenvalue weighted by molar-refractivity contribution is 14.0. The largest absolute Gasteiger partial charge is 0.487 e. The van der Waals surface area contributed by atoms with Crippen LogP contribution in [0, 0.1) is 5.92 Å². The molecule has 2 atom stereocenters. The molecule has 30 heavy (non-hydrogen) atoms. The van der Waals surface area contributed by atoms with Gasteiger partial charge in [0.15, 0.2) is 5.96 Å². The summed E-state index contributed by atoms with van der Waals surface area (Å²) in [6.45, 7) is 9.73. The topological polar surface area (TPSA) is 84.0 Å². The molecule has 1 fully saturated rings. The van der Waals surface area contributed by atoms with Crippen molar-refractivity contribution in [3.05, 3.63) is 29.8 Å². The summed E-state index contributed by atoms with van der Waals surface area (Å²) in [6.07, 6.45) is 2.72. The molecule has 3 N–H and O–H groups in total. The highest BCUT2D eigenvalue weighted by Crippen LogP contribution is 2.39. The summed E-state index contributed by atoms with van der Waals surface area (Å²) in [6, 6.07) is 8.25. The molecule has 1 amide bonds. The Bertz CT molecular complexity index is 737. The Morgan fingerprint density at radius 2 is 2.03 bits per heavy atom. The maximum atomic E-state index is 11.9. The van der Waals surface area contributed by atoms with E-state index in [-0.39, 0.29) is 47.8 Å². The number of para-hydroxylation sites is 1. The van der Waals surface area contributed by atoms with Gasteiger partial charge in [0.2, 0.25) is 0 Å². The summed E-state index contributed by atoms with van der Waals surface area (Å²) in [5.41, 5.74) is 0.881. The number of hydrogen-bond donors (Lipinski definition) is 3. The van der Waals surface area contributed by atoms with Crippen molar-refractivity contribution in [1.29, 1.82) is 0 Å². The molecule has 168 valence electrons. The number of hydrogen-bond acceptors (Lipinski definition) is 4. The molecule has 0 spiro atoms. The normalized spacial score (nSPS) is 20.7. The summed E-state index contributed by atoms with van der Waals surface area (Å²) in [4.78, 5) is 16.6. The monoisotopic (exact) mass is 530 g/mol. The number of carbonyl (C=O) groups excluding carboxylic acids is 1. The highest BCUT2D eigenvalue weighted by atomic mass is 127. The molecular formula is C22H35IN4O3. The summed E-state index contributed by atoms with van der Waals surface area (Å²) in [5, 5.41) is 9.88. The third kappa shape index (κ3) is 6.92. The Kier molecular flexibility index (Phi) is 9.06. The number of guanidine groups is 1. The number of halogens is 1. The van der Waals surface area contributed by atoms with Crippen LogP contribution < -0.4 is 20.7 Å². The van der Waals surface area contributed by atoms with Crippen LogP contribution in [0.5, 0.6) is 5.75 Å². The van der Waals surface area contributed by atoms with Gasteiger partial charge in [0.1, 0.15) is 11.4 Å². The smallest absolute Gasteiger partial charge is 0.407 e. The fraction of sp³-hybridized carbons (Fsp3) is 0.636. The van der Waals surface area contributed by atoms with E-state index in [4.69, 9.17) is 14.5 Å². The summed E-state index contributed by atoms with van der Waals surface area (Å²) in [7, 11) is 0. The predicted molar refractivity (Wildman–Crippen MR) is 130 cm³/mol. The number of aliphatic imine (C=N–C) groups is 1. The van der Waals surface area contributed by atoms with Crippen LogP contribution in [-0.4, -0.2) is 43.4 Å². The molecule has 1 aromatic carbocycles. The van der Waals surface area contributed by atoms with E-state index < -0.39 is 0 Å². The van der Waals surface area contributed by atoms with E-state index in [1.165, 1.54) is 0 Å². The van der Waals surface area contributed by atoms with Crippen LogP contribution >= 0.6 is 24.0 Å². The van der Waals surface area contributed by atoms with Gasteiger partial charge in [-0.15, -0.1) is 24.0 Å². The molecule has 0 bridgehead atoms. The van der Waals surface area contributed by atoms with E-state index in [9.17, 15) is 4.79 Å². The number of nitrogens with one attached hydrogen (secondary N) is 3. The molecule has 2 unspecified atom stereocenters. The molecule has 2 aliphatic rings. The molecule has 1 aliphatic carbocycles. The van der Waals surface area contributed by atoms with Gasteiger partial charge < -0.3 is 25.4 Å². The zero-order valence-corrected chi connectivity index (χ0v) is 20.7. The van der Waals surface area contributed by atoms with Crippen LogP contribution in [0.2, 0.25) is 0 Å². The predicted octanol–water partition coefficient (Wildman–Crippen LogP) is 3.99. The number of benzene rings is 1. The van der Waals surface area contributed by atoms with Crippen LogP contribution in [0.1, 0.15) is 58.6 Å². The maximum absolute atomic E-state index is 11.9. The van der Waals surface area contributed by atoms with Crippen molar-refractivity contribution < 1.29 is 14.3 Å². The lowest BCUT2D eigenvalue weighted by atomic mass is 9.90. The summed E-state index contributed by atoms with van der Waals surface area (Å²) >= 11 is 0. The van der Waals surface area contributed by atoms with Crippen LogP contribution in [0.15, 0.2) is 29.3 Å². The Morgan fingerprint density at radius 1 is 1.30 bits per heavy atom. The second kappa shape index (κ2) is 11.1. The van der Waals surface area contributed by atoms with Gasteiger partial charge in [-0.3, -0.25) is 4.99 Å². The molecule has 1 heterocycles. The zero-order valence-electron chi connectivity index (χ0n) is 18.4. The number of rotatable bonds is 7. The lowest BCUT2D eigenvalue weighted by molar-refractivity contribution is 0.0694. The Balaban J connectivity index is 0.00000320. The second-order valence-corrected chi connectivity index (χ2v) is 8.33. The molecule has 0 radical (unpaired) electrons. The Morgan fingerprint density at radius 3 is 2.70 bits per heavy atom. The van der Waals surface area contributed by atoms with Gasteiger partial charge in [-0.1, -0.05) is 18.2 Å². The molecule has 8 heteroatoms. The third-order valence-electron chi connectivity index (χ3n) is 5.25. The van der Waals surface area contributed by atoms with Crippen LogP contribution in [-0.2, 0) is 4.74 Å². The van der Waals surface area contributed by atoms with Crippen molar-refractivity contribution in [1.82, 2.24) is 16.0 Å². The first kappa shape index (κ1) is 24.6. The second-order valence-electron chi connectivity index (χ2n) is 8.33. The molecular weight excluding hydrogens is 495 g/mol. The van der Waals surface area contributed by atoms with E-state index >= 15 is 0 Å². The minimum Gasteiger partial charge on any atom is -0.487 e. The van der Waals surface area contributed by atoms with Gasteiger partial charge in [0.05, 0.1) is 25.2 Å². The standard InChI is InChI=1S/C22H34N4O3.HI/c1-5-23-20(24-14-18(15-11-12-15)26-21(27)28-6-2)25-17-13-22(3,4)29-19-10-8-7-9-16(17)19;/h7-10,15,17-18H,5-6,11-14H2,1-4H3,(H,26,27)(H2,23,24,25);1H. The minimum atomic E-state index is -0.363. The number of fused-ring (bicyclic) bond motifs is 1. The molecule has 0 saturated heterocycles. The quantitative estimate of drug-likeness (QED) is 0.282. The first-order chi connectivity index (χ1) is 13.9. The third-order valence-corrected chi connectivity index (χ3v) is 5.25. The van der Waals surface area contributed by atoms with E-state index in [1.807, 2.05) is 32.0 Å². The number of ether oxygens (including phenoxy) is 2. The van der Waals surface area contributed by atoms with Gasteiger partial charge in [0, 0.05) is 18.5 Å². The summed E-state index contributed by atoms with van der Waals surface area (Å²) < 4.78 is 11.2. The molecule has 1 saturated carbocycles. The van der Waals surface area contributed by atoms with E-state index in [1.54, 1.807) is 0 Å². The zero-order chi connectivity index (χ0) is 20.9. The Labute approximate surface area is 196 Å². The lowest BCUT2D eigenvalue weighted by Crippen LogP contribution is -2.46. The first-order valence-electron chi connectivity index (χ1n) is 10.7. The SMILES string of the molecule is CCNC(=NCC(NC(=O)OCC)C1CC1)NC1CC(C)(C)Oc2ccccc21.I. The first-order valence-corrected chi connectivity index (χ1v) is 10.7. The van der Waals surface area contributed by atoms with Crippen LogP contribution in [0.4, 0.5) is 4.79 Å². The summed E-state index contributed by atoms with van der Waals surface area (Å²) in [5.74, 6) is 2.15. The number of alkyl carbamates (subject to hydrolysis) is 1. The van der Waals surface area contributed by atoms with Crippen molar-refractivity contribution in [2.45, 2.75) is 64.6 Å². The highest BCUT2D eigenvalue weighted by Gasteiger charge is 2.35. The molecule has 3 rings (SSSR count). The average Bonchev–Trinajstić information content (AvgIpc) is 3.49. The fourth-order valence-electron chi connectivity index (χ4n) is 3.74. The van der Waals surface area contributed by atoms with Crippen molar-refractivity contribution in [2.24, 2.45) is 10.9 Å².